The van der Waals surface area contributed by atoms with Gasteiger partial charge in [-0.2, -0.15) is 26.3 Å². The summed E-state index contributed by atoms with van der Waals surface area (Å²) in [6, 6.07) is 11.6. The third kappa shape index (κ3) is 10.1. The van der Waals surface area contributed by atoms with E-state index in [0.29, 0.717) is 29.2 Å². The molecule has 1 fully saturated rings. The third-order valence-electron chi connectivity index (χ3n) is 4.26. The maximum Gasteiger partial charge on any atom is 0.490 e. The second-order valence-corrected chi connectivity index (χ2v) is 7.29. The van der Waals surface area contributed by atoms with Crippen molar-refractivity contribution in [2.24, 2.45) is 0 Å². The smallest absolute Gasteiger partial charge is 0.475 e. The molecule has 1 saturated heterocycles. The molecule has 36 heavy (non-hydrogen) atoms. The summed E-state index contributed by atoms with van der Waals surface area (Å²) in [7, 11) is 0. The van der Waals surface area contributed by atoms with Gasteiger partial charge in [0.25, 0.3) is 5.91 Å². The van der Waals surface area contributed by atoms with Crippen LogP contribution in [0.1, 0.15) is 10.4 Å². The van der Waals surface area contributed by atoms with E-state index >= 15 is 0 Å². The molecule has 2 aromatic carbocycles. The van der Waals surface area contributed by atoms with Crippen molar-refractivity contribution in [3.63, 3.8) is 0 Å². The predicted molar refractivity (Wildman–Crippen MR) is 113 cm³/mol. The van der Waals surface area contributed by atoms with Crippen molar-refractivity contribution in [1.29, 1.82) is 0 Å². The molecule has 1 heterocycles. The van der Waals surface area contributed by atoms with Gasteiger partial charge in [0, 0.05) is 42.3 Å². The van der Waals surface area contributed by atoms with Gasteiger partial charge in [-0.25, -0.2) is 14.0 Å². The highest BCUT2D eigenvalue weighted by Gasteiger charge is 2.38. The van der Waals surface area contributed by atoms with Crippen LogP contribution in [-0.2, 0) is 9.59 Å². The normalized spacial score (nSPS) is 13.5. The van der Waals surface area contributed by atoms with Crippen LogP contribution in [0.5, 0.6) is 0 Å². The van der Waals surface area contributed by atoms with E-state index in [2.05, 4.69) is 5.32 Å². The van der Waals surface area contributed by atoms with Gasteiger partial charge >= 0.3 is 24.3 Å². The van der Waals surface area contributed by atoms with E-state index in [-0.39, 0.29) is 11.7 Å². The first kappa shape index (κ1) is 30.6. The lowest BCUT2D eigenvalue weighted by Gasteiger charge is -2.27. The first-order chi connectivity index (χ1) is 16.5. The van der Waals surface area contributed by atoms with Crippen molar-refractivity contribution in [3.8, 4) is 11.1 Å². The van der Waals surface area contributed by atoms with Crippen molar-refractivity contribution in [1.82, 2.24) is 10.2 Å². The monoisotopic (exact) mass is 546 g/mol. The number of carboxylic acids is 2. The number of aliphatic carboxylic acids is 2. The van der Waals surface area contributed by atoms with Gasteiger partial charge in [-0.1, -0.05) is 23.7 Å². The Balaban J connectivity index is 0.000000383. The number of hydrogen-bond donors (Lipinski definition) is 3. The van der Waals surface area contributed by atoms with Crippen LogP contribution in [0.4, 0.5) is 30.7 Å². The Kier molecular flexibility index (Phi) is 11.1. The average Bonchev–Trinajstić information content (AvgIpc) is 2.79. The minimum Gasteiger partial charge on any atom is -0.475 e. The second-order valence-electron chi connectivity index (χ2n) is 6.85. The minimum atomic E-state index is -5.08. The lowest BCUT2D eigenvalue weighted by atomic mass is 10.0. The SMILES string of the molecule is O=C(O)C(F)(F)F.O=C(O)C(F)(F)F.O=C(c1ccc(-c2ccc(Cl)cc2F)cc1)N1CCNCC1. The van der Waals surface area contributed by atoms with Crippen molar-refractivity contribution in [2.75, 3.05) is 26.2 Å². The summed E-state index contributed by atoms with van der Waals surface area (Å²) in [5.74, 6) is -5.86. The largest absolute Gasteiger partial charge is 0.490 e. The van der Waals surface area contributed by atoms with E-state index in [1.165, 1.54) is 6.07 Å². The van der Waals surface area contributed by atoms with Crippen LogP contribution in [-0.4, -0.2) is 71.5 Å². The molecule has 1 aliphatic rings. The van der Waals surface area contributed by atoms with Crippen LogP contribution in [0.3, 0.4) is 0 Å². The first-order valence-electron chi connectivity index (χ1n) is 9.69. The topological polar surface area (TPSA) is 107 Å². The fraction of sp³-hybridized carbons (Fsp3) is 0.286. The van der Waals surface area contributed by atoms with Gasteiger partial charge in [0.1, 0.15) is 5.82 Å². The Morgan fingerprint density at radius 1 is 0.833 bits per heavy atom. The number of carbonyl (C=O) groups is 3. The molecule has 1 amide bonds. The molecule has 0 aromatic heterocycles. The highest BCUT2D eigenvalue weighted by atomic mass is 35.5. The van der Waals surface area contributed by atoms with Gasteiger partial charge in [-0.05, 0) is 35.9 Å². The van der Waals surface area contributed by atoms with Crippen LogP contribution in [0.2, 0.25) is 5.02 Å². The lowest BCUT2D eigenvalue weighted by molar-refractivity contribution is -0.193. The average molecular weight is 547 g/mol. The molecule has 0 saturated carbocycles. The molecule has 198 valence electrons. The number of alkyl halides is 6. The molecule has 1 aliphatic heterocycles. The van der Waals surface area contributed by atoms with E-state index in [1.54, 1.807) is 36.4 Å². The highest BCUT2D eigenvalue weighted by molar-refractivity contribution is 6.30. The van der Waals surface area contributed by atoms with E-state index < -0.39 is 24.3 Å². The Morgan fingerprint density at radius 2 is 1.28 bits per heavy atom. The number of rotatable bonds is 2. The van der Waals surface area contributed by atoms with Crippen LogP contribution >= 0.6 is 11.6 Å². The van der Waals surface area contributed by atoms with Crippen molar-refractivity contribution in [3.05, 3.63) is 58.9 Å². The molecule has 0 aliphatic carbocycles. The number of halogens is 8. The third-order valence-corrected chi connectivity index (χ3v) is 4.50. The molecule has 0 spiro atoms. The van der Waals surface area contributed by atoms with E-state index in [9.17, 15) is 35.5 Å². The number of nitrogens with one attached hydrogen (secondary N) is 1. The Morgan fingerprint density at radius 3 is 1.67 bits per heavy atom. The second kappa shape index (κ2) is 13.1. The summed E-state index contributed by atoms with van der Waals surface area (Å²) in [6.07, 6.45) is -10.2. The number of piperazine rings is 1. The van der Waals surface area contributed by atoms with E-state index in [4.69, 9.17) is 31.4 Å². The summed E-state index contributed by atoms with van der Waals surface area (Å²) in [4.78, 5) is 32.0. The Bertz CT molecular complexity index is 1030. The molecule has 2 aromatic rings. The highest BCUT2D eigenvalue weighted by Crippen LogP contribution is 2.26. The van der Waals surface area contributed by atoms with Crippen molar-refractivity contribution in [2.45, 2.75) is 12.4 Å². The maximum atomic E-state index is 13.9. The Labute approximate surface area is 204 Å². The Hall–Kier alpha value is -3.39. The number of amides is 1. The number of nitrogens with zero attached hydrogens (tertiary/aromatic N) is 1. The van der Waals surface area contributed by atoms with E-state index in [1.807, 2.05) is 4.90 Å². The molecule has 7 nitrogen and oxygen atoms in total. The zero-order valence-electron chi connectivity index (χ0n) is 18.0. The zero-order chi connectivity index (χ0) is 27.7. The molecule has 3 N–H and O–H groups in total. The van der Waals surface area contributed by atoms with Crippen LogP contribution in [0.25, 0.3) is 11.1 Å². The summed E-state index contributed by atoms with van der Waals surface area (Å²) in [5.41, 5.74) is 1.83. The number of benzene rings is 2. The molecule has 15 heteroatoms. The minimum absolute atomic E-state index is 0.0182. The van der Waals surface area contributed by atoms with E-state index in [0.717, 1.165) is 18.7 Å². The number of carboxylic acid groups (broad SMARTS) is 2. The number of carbonyl (C=O) groups excluding carboxylic acids is 1. The van der Waals surface area contributed by atoms with Crippen LogP contribution in [0.15, 0.2) is 42.5 Å². The van der Waals surface area contributed by atoms with Crippen LogP contribution < -0.4 is 5.32 Å². The molecular weight excluding hydrogens is 529 g/mol. The van der Waals surface area contributed by atoms with Gasteiger partial charge in [-0.15, -0.1) is 0 Å². The molecule has 3 rings (SSSR count). The molecule has 0 radical (unpaired) electrons. The van der Waals surface area contributed by atoms with Gasteiger partial charge < -0.3 is 20.4 Å². The van der Waals surface area contributed by atoms with Gasteiger partial charge in [0.2, 0.25) is 0 Å². The maximum absolute atomic E-state index is 13.9. The number of hydrogen-bond acceptors (Lipinski definition) is 4. The summed E-state index contributed by atoms with van der Waals surface area (Å²) >= 11 is 5.76. The molecule has 0 unspecified atom stereocenters. The molecule has 0 atom stereocenters. The van der Waals surface area contributed by atoms with Crippen molar-refractivity contribution >= 4 is 29.4 Å². The first-order valence-corrected chi connectivity index (χ1v) is 10.1. The summed E-state index contributed by atoms with van der Waals surface area (Å²) < 4.78 is 77.4. The fourth-order valence-corrected chi connectivity index (χ4v) is 2.73. The standard InChI is InChI=1S/C17H16ClFN2O.2C2HF3O2/c18-14-5-6-15(16(19)11-14)12-1-3-13(4-2-12)17(22)21-9-7-20-8-10-21;2*3-2(4,5)1(6)7/h1-6,11,20H,7-10H2;2*(H,6,7). The summed E-state index contributed by atoms with van der Waals surface area (Å²) in [6.45, 7) is 3.07. The zero-order valence-corrected chi connectivity index (χ0v) is 18.7. The lowest BCUT2D eigenvalue weighted by Crippen LogP contribution is -2.46. The summed E-state index contributed by atoms with van der Waals surface area (Å²) in [5, 5.41) is 17.8. The molecular formula is C21H18ClF7N2O5. The predicted octanol–water partition coefficient (Wildman–Crippen LogP) is 4.46. The van der Waals surface area contributed by atoms with Crippen LogP contribution in [0, 0.1) is 5.82 Å². The van der Waals surface area contributed by atoms with Crippen molar-refractivity contribution < 1.29 is 55.3 Å². The molecule has 0 bridgehead atoms. The quantitative estimate of drug-likeness (QED) is 0.480. The van der Waals surface area contributed by atoms with Gasteiger partial charge in [0.05, 0.1) is 0 Å². The fourth-order valence-electron chi connectivity index (χ4n) is 2.57. The van der Waals surface area contributed by atoms with Gasteiger partial charge in [-0.3, -0.25) is 4.79 Å². The van der Waals surface area contributed by atoms with Gasteiger partial charge in [0.15, 0.2) is 0 Å².